The Morgan fingerprint density at radius 3 is 2.52 bits per heavy atom. The topological polar surface area (TPSA) is 84.4 Å². The van der Waals surface area contributed by atoms with Crippen LogP contribution in [0.25, 0.3) is 0 Å². The molecule has 0 radical (unpaired) electrons. The number of nitrogens with one attached hydrogen (secondary N) is 1. The third-order valence-electron chi connectivity index (χ3n) is 2.36. The molecule has 1 heterocycles. The molecule has 1 amide bonds. The van der Waals surface area contributed by atoms with E-state index < -0.39 is 17.7 Å². The molecule has 1 N–H and O–H groups in total. The van der Waals surface area contributed by atoms with Gasteiger partial charge in [0.15, 0.2) is 0 Å². The van der Waals surface area contributed by atoms with Gasteiger partial charge >= 0.3 is 6.09 Å². The quantitative estimate of drug-likeness (QED) is 0.675. The zero-order chi connectivity index (χ0) is 16.2. The number of rotatable bonds is 4. The predicted octanol–water partition coefficient (Wildman–Crippen LogP) is 1.96. The van der Waals surface area contributed by atoms with E-state index in [2.05, 4.69) is 15.3 Å². The van der Waals surface area contributed by atoms with E-state index in [4.69, 9.17) is 16.3 Å². The lowest BCUT2D eigenvalue weighted by Gasteiger charge is -2.23. The van der Waals surface area contributed by atoms with Crippen LogP contribution in [0.15, 0.2) is 6.33 Å². The zero-order valence-electron chi connectivity index (χ0n) is 12.7. The van der Waals surface area contributed by atoms with Crippen molar-refractivity contribution in [2.75, 3.05) is 19.0 Å². The van der Waals surface area contributed by atoms with Gasteiger partial charge in [-0.15, -0.1) is 0 Å². The molecule has 21 heavy (non-hydrogen) atoms. The Bertz CT molecular complexity index is 529. The summed E-state index contributed by atoms with van der Waals surface area (Å²) in [5.74, 6) is 0.447. The summed E-state index contributed by atoms with van der Waals surface area (Å²) < 4.78 is 5.13. The maximum absolute atomic E-state index is 11.8. The molecule has 7 nitrogen and oxygen atoms in total. The van der Waals surface area contributed by atoms with Crippen LogP contribution in [0, 0.1) is 0 Å². The van der Waals surface area contributed by atoms with Gasteiger partial charge in [0.05, 0.1) is 5.56 Å². The second-order valence-corrected chi connectivity index (χ2v) is 5.91. The SMILES string of the molecule is CN(C)c1ncnc(Cl)c1C(C=O)NC(=O)OC(C)(C)C. The molecular weight excluding hydrogens is 296 g/mol. The van der Waals surface area contributed by atoms with Crippen molar-refractivity contribution in [3.63, 3.8) is 0 Å². The molecule has 0 saturated carbocycles. The van der Waals surface area contributed by atoms with E-state index in [9.17, 15) is 9.59 Å². The summed E-state index contributed by atoms with van der Waals surface area (Å²) in [6.45, 7) is 5.19. The summed E-state index contributed by atoms with van der Waals surface area (Å²) in [6, 6.07) is -0.994. The third-order valence-corrected chi connectivity index (χ3v) is 2.66. The molecule has 0 bridgehead atoms. The minimum Gasteiger partial charge on any atom is -0.444 e. The van der Waals surface area contributed by atoms with Crippen LogP contribution in [-0.2, 0) is 9.53 Å². The number of amides is 1. The summed E-state index contributed by atoms with van der Waals surface area (Å²) in [6.07, 6.45) is 1.13. The number of halogens is 1. The van der Waals surface area contributed by atoms with Crippen molar-refractivity contribution >= 4 is 29.8 Å². The van der Waals surface area contributed by atoms with Gasteiger partial charge in [0, 0.05) is 14.1 Å². The van der Waals surface area contributed by atoms with Gasteiger partial charge < -0.3 is 19.7 Å². The molecule has 0 fully saturated rings. The number of aromatic nitrogens is 2. The molecule has 0 saturated heterocycles. The fourth-order valence-corrected chi connectivity index (χ4v) is 1.84. The largest absolute Gasteiger partial charge is 0.444 e. The molecule has 0 aliphatic carbocycles. The van der Waals surface area contributed by atoms with Gasteiger partial charge in [-0.25, -0.2) is 14.8 Å². The first-order valence-corrected chi connectivity index (χ1v) is 6.66. The first-order chi connectivity index (χ1) is 9.65. The van der Waals surface area contributed by atoms with Gasteiger partial charge in [-0.05, 0) is 20.8 Å². The van der Waals surface area contributed by atoms with Crippen LogP contribution in [-0.4, -0.2) is 42.0 Å². The van der Waals surface area contributed by atoms with Gasteiger partial charge in [-0.3, -0.25) is 0 Å². The van der Waals surface area contributed by atoms with Crippen LogP contribution < -0.4 is 10.2 Å². The number of ether oxygens (including phenoxy) is 1. The maximum atomic E-state index is 11.8. The Kier molecular flexibility index (Phi) is 5.48. The molecule has 0 aliphatic rings. The molecule has 8 heteroatoms. The Hall–Kier alpha value is -1.89. The Morgan fingerprint density at radius 2 is 2.05 bits per heavy atom. The summed E-state index contributed by atoms with van der Waals surface area (Å²) in [5, 5.41) is 2.55. The Labute approximate surface area is 128 Å². The Morgan fingerprint density at radius 1 is 1.43 bits per heavy atom. The van der Waals surface area contributed by atoms with Gasteiger partial charge in [0.1, 0.15) is 35.2 Å². The number of nitrogens with zero attached hydrogens (tertiary/aromatic N) is 3. The molecule has 0 spiro atoms. The summed E-state index contributed by atoms with van der Waals surface area (Å²) in [4.78, 5) is 32.7. The maximum Gasteiger partial charge on any atom is 0.408 e. The van der Waals surface area contributed by atoms with Crippen molar-refractivity contribution in [3.8, 4) is 0 Å². The van der Waals surface area contributed by atoms with Crippen LogP contribution in [0.2, 0.25) is 5.15 Å². The number of carbonyl (C=O) groups is 2. The molecule has 116 valence electrons. The summed E-state index contributed by atoms with van der Waals surface area (Å²) >= 11 is 6.03. The second kappa shape index (κ2) is 6.71. The van der Waals surface area contributed by atoms with Crippen LogP contribution in [0.3, 0.4) is 0 Å². The van der Waals surface area contributed by atoms with Crippen LogP contribution in [0.5, 0.6) is 0 Å². The third kappa shape index (κ3) is 4.86. The fourth-order valence-electron chi connectivity index (χ4n) is 1.60. The van der Waals surface area contributed by atoms with Crippen molar-refractivity contribution in [2.24, 2.45) is 0 Å². The number of hydrogen-bond donors (Lipinski definition) is 1. The summed E-state index contributed by atoms with van der Waals surface area (Å²) in [7, 11) is 3.50. The van der Waals surface area contributed by atoms with Crippen molar-refractivity contribution in [1.82, 2.24) is 15.3 Å². The van der Waals surface area contributed by atoms with E-state index >= 15 is 0 Å². The van der Waals surface area contributed by atoms with E-state index in [1.54, 1.807) is 39.8 Å². The lowest BCUT2D eigenvalue weighted by atomic mass is 10.1. The smallest absolute Gasteiger partial charge is 0.408 e. The number of aldehydes is 1. The lowest BCUT2D eigenvalue weighted by Crippen LogP contribution is -2.36. The van der Waals surface area contributed by atoms with E-state index in [0.717, 1.165) is 0 Å². The van der Waals surface area contributed by atoms with Crippen molar-refractivity contribution in [3.05, 3.63) is 17.0 Å². The van der Waals surface area contributed by atoms with Crippen molar-refractivity contribution < 1.29 is 14.3 Å². The molecule has 1 aromatic rings. The average molecular weight is 315 g/mol. The molecule has 0 aromatic carbocycles. The number of carbonyl (C=O) groups excluding carboxylic acids is 2. The van der Waals surface area contributed by atoms with Gasteiger partial charge in [-0.1, -0.05) is 11.6 Å². The van der Waals surface area contributed by atoms with Crippen LogP contribution in [0.4, 0.5) is 10.6 Å². The van der Waals surface area contributed by atoms with E-state index in [1.165, 1.54) is 6.33 Å². The fraction of sp³-hybridized carbons (Fsp3) is 0.538. The zero-order valence-corrected chi connectivity index (χ0v) is 13.4. The van der Waals surface area contributed by atoms with Crippen LogP contribution >= 0.6 is 11.6 Å². The highest BCUT2D eigenvalue weighted by Crippen LogP contribution is 2.27. The molecule has 1 rings (SSSR count). The average Bonchev–Trinajstić information content (AvgIpc) is 2.33. The van der Waals surface area contributed by atoms with Gasteiger partial charge in [-0.2, -0.15) is 0 Å². The second-order valence-electron chi connectivity index (χ2n) is 5.56. The Balaban J connectivity index is 3.06. The first-order valence-electron chi connectivity index (χ1n) is 6.28. The minimum atomic E-state index is -0.994. The van der Waals surface area contributed by atoms with E-state index in [1.807, 2.05) is 0 Å². The molecule has 1 atom stereocenters. The normalized spacial score (nSPS) is 12.5. The van der Waals surface area contributed by atoms with Crippen molar-refractivity contribution in [2.45, 2.75) is 32.4 Å². The monoisotopic (exact) mass is 314 g/mol. The van der Waals surface area contributed by atoms with Gasteiger partial charge in [0.25, 0.3) is 0 Å². The predicted molar refractivity (Wildman–Crippen MR) is 79.5 cm³/mol. The minimum absolute atomic E-state index is 0.0989. The van der Waals surface area contributed by atoms with Crippen LogP contribution in [0.1, 0.15) is 32.4 Å². The standard InChI is InChI=1S/C13H19ClN4O3/c1-13(2,3)21-12(20)17-8(6-19)9-10(14)15-7-16-11(9)18(4)5/h6-8H,1-5H3,(H,17,20). The number of alkyl carbamates (subject to hydrolysis) is 1. The highest BCUT2D eigenvalue weighted by atomic mass is 35.5. The highest BCUT2D eigenvalue weighted by Gasteiger charge is 2.25. The molecule has 1 aromatic heterocycles. The molecular formula is C13H19ClN4O3. The first kappa shape index (κ1) is 17.2. The van der Waals surface area contributed by atoms with E-state index in [0.29, 0.717) is 17.7 Å². The highest BCUT2D eigenvalue weighted by molar-refractivity contribution is 6.30. The number of hydrogen-bond acceptors (Lipinski definition) is 6. The van der Waals surface area contributed by atoms with Crippen molar-refractivity contribution in [1.29, 1.82) is 0 Å². The molecule has 0 aliphatic heterocycles. The molecule has 1 unspecified atom stereocenters. The van der Waals surface area contributed by atoms with Gasteiger partial charge in [0.2, 0.25) is 0 Å². The lowest BCUT2D eigenvalue weighted by molar-refractivity contribution is -0.109. The summed E-state index contributed by atoms with van der Waals surface area (Å²) in [5.41, 5.74) is -0.344. The number of anilines is 1. The van der Waals surface area contributed by atoms with E-state index in [-0.39, 0.29) is 5.15 Å².